The van der Waals surface area contributed by atoms with Crippen molar-refractivity contribution in [2.45, 2.75) is 64.8 Å². The van der Waals surface area contributed by atoms with E-state index in [1.54, 1.807) is 11.9 Å². The van der Waals surface area contributed by atoms with Gasteiger partial charge in [0.2, 0.25) is 0 Å². The minimum absolute atomic E-state index is 0.187. The second kappa shape index (κ2) is 7.63. The summed E-state index contributed by atoms with van der Waals surface area (Å²) in [6.45, 7) is 7.44. The Morgan fingerprint density at radius 2 is 2.00 bits per heavy atom. The number of nitrogens with zero attached hydrogens (tertiary/aromatic N) is 5. The normalized spacial score (nSPS) is 22.4. The van der Waals surface area contributed by atoms with Crippen molar-refractivity contribution in [3.63, 3.8) is 0 Å². The Bertz CT molecular complexity index is 1030. The van der Waals surface area contributed by atoms with Gasteiger partial charge in [0.25, 0.3) is 0 Å². The Labute approximate surface area is 182 Å². The maximum absolute atomic E-state index is 14.5. The fourth-order valence-electron chi connectivity index (χ4n) is 5.43. The highest BCUT2D eigenvalue weighted by atomic mass is 35.5. The van der Waals surface area contributed by atoms with Gasteiger partial charge in [-0.1, -0.05) is 24.1 Å². The first-order valence-corrected chi connectivity index (χ1v) is 11.5. The number of likely N-dealkylation sites (tertiary alicyclic amines) is 1. The van der Waals surface area contributed by atoms with E-state index in [1.807, 2.05) is 4.57 Å². The van der Waals surface area contributed by atoms with Crippen LogP contribution in [0, 0.1) is 11.2 Å². The average molecular weight is 430 g/mol. The SMILES string of the molecule is CCC1=NCCC(C)=C(N2CCC(n3cc(F)c4c(Cl)ncnc43)CC2)CC12CC2. The van der Waals surface area contributed by atoms with Gasteiger partial charge < -0.3 is 9.47 Å². The summed E-state index contributed by atoms with van der Waals surface area (Å²) < 4.78 is 16.4. The molecule has 1 aliphatic carbocycles. The summed E-state index contributed by atoms with van der Waals surface area (Å²) in [5, 5.41) is 0.523. The molecular weight excluding hydrogens is 401 g/mol. The molecule has 5 nitrogen and oxygen atoms in total. The fourth-order valence-corrected chi connectivity index (χ4v) is 5.64. The molecular formula is C23H29ClFN5. The lowest BCUT2D eigenvalue weighted by molar-refractivity contribution is 0.217. The van der Waals surface area contributed by atoms with Gasteiger partial charge in [0.1, 0.15) is 17.1 Å². The van der Waals surface area contributed by atoms with E-state index in [4.69, 9.17) is 16.6 Å². The standard InChI is InChI=1S/C23H29ClFN5/c1-3-19-23(7-8-23)12-18(15(2)4-9-26-19)29-10-5-16(6-11-29)30-13-17(25)20-21(24)27-14-28-22(20)30/h13-14,16H,3-12H2,1-2H3. The molecule has 3 aliphatic rings. The van der Waals surface area contributed by atoms with Crippen LogP contribution in [-0.2, 0) is 0 Å². The second-order valence-electron chi connectivity index (χ2n) is 9.08. The molecule has 160 valence electrons. The van der Waals surface area contributed by atoms with Crippen LogP contribution < -0.4 is 0 Å². The molecule has 1 saturated heterocycles. The third-order valence-electron chi connectivity index (χ3n) is 7.34. The summed E-state index contributed by atoms with van der Waals surface area (Å²) in [4.78, 5) is 15.8. The van der Waals surface area contributed by atoms with Gasteiger partial charge in [0.05, 0.1) is 5.39 Å². The Morgan fingerprint density at radius 1 is 1.23 bits per heavy atom. The quantitative estimate of drug-likeness (QED) is 0.600. The minimum Gasteiger partial charge on any atom is -0.375 e. The van der Waals surface area contributed by atoms with Crippen LogP contribution >= 0.6 is 11.6 Å². The van der Waals surface area contributed by atoms with Crippen molar-refractivity contribution >= 4 is 28.3 Å². The van der Waals surface area contributed by atoms with Crippen LogP contribution in [0.3, 0.4) is 0 Å². The van der Waals surface area contributed by atoms with Crippen molar-refractivity contribution < 1.29 is 4.39 Å². The van der Waals surface area contributed by atoms with Gasteiger partial charge in [-0.25, -0.2) is 14.4 Å². The number of hydrogen-bond donors (Lipinski definition) is 0. The minimum atomic E-state index is -0.335. The van der Waals surface area contributed by atoms with E-state index in [0.29, 0.717) is 16.4 Å². The van der Waals surface area contributed by atoms with E-state index < -0.39 is 0 Å². The molecule has 30 heavy (non-hydrogen) atoms. The maximum atomic E-state index is 14.5. The van der Waals surface area contributed by atoms with Crippen LogP contribution in [0.25, 0.3) is 11.0 Å². The summed E-state index contributed by atoms with van der Waals surface area (Å²) in [7, 11) is 0. The number of allylic oxidation sites excluding steroid dienone is 1. The number of rotatable bonds is 3. The van der Waals surface area contributed by atoms with E-state index in [1.165, 1.54) is 30.5 Å². The van der Waals surface area contributed by atoms with E-state index in [9.17, 15) is 4.39 Å². The summed E-state index contributed by atoms with van der Waals surface area (Å²) in [6.07, 6.45) is 10.7. The first-order chi connectivity index (χ1) is 14.5. The summed E-state index contributed by atoms with van der Waals surface area (Å²) in [5.74, 6) is -0.335. The molecule has 4 heterocycles. The smallest absolute Gasteiger partial charge is 0.153 e. The van der Waals surface area contributed by atoms with Crippen LogP contribution in [-0.4, -0.2) is 44.8 Å². The number of fused-ring (bicyclic) bond motifs is 1. The molecule has 1 spiro atoms. The number of halogens is 2. The molecule has 2 fully saturated rings. The zero-order valence-electron chi connectivity index (χ0n) is 17.8. The van der Waals surface area contributed by atoms with Crippen molar-refractivity contribution in [1.82, 2.24) is 19.4 Å². The number of hydrogen-bond acceptors (Lipinski definition) is 4. The lowest BCUT2D eigenvalue weighted by Crippen LogP contribution is -2.36. The maximum Gasteiger partial charge on any atom is 0.153 e. The van der Waals surface area contributed by atoms with E-state index >= 15 is 0 Å². The molecule has 0 amide bonds. The van der Waals surface area contributed by atoms with E-state index in [2.05, 4.69) is 28.7 Å². The third kappa shape index (κ3) is 3.33. The Balaban J connectivity index is 1.35. The van der Waals surface area contributed by atoms with E-state index in [-0.39, 0.29) is 17.0 Å². The second-order valence-corrected chi connectivity index (χ2v) is 9.44. The van der Waals surface area contributed by atoms with Gasteiger partial charge in [-0.3, -0.25) is 4.99 Å². The van der Waals surface area contributed by atoms with Crippen molar-refractivity contribution in [2.24, 2.45) is 10.4 Å². The highest BCUT2D eigenvalue weighted by Gasteiger charge is 2.48. The van der Waals surface area contributed by atoms with Gasteiger partial charge in [-0.05, 0) is 51.9 Å². The summed E-state index contributed by atoms with van der Waals surface area (Å²) >= 11 is 6.11. The topological polar surface area (TPSA) is 46.3 Å². The lowest BCUT2D eigenvalue weighted by Gasteiger charge is -2.39. The molecule has 5 rings (SSSR count). The predicted octanol–water partition coefficient (Wildman–Crippen LogP) is 5.56. The van der Waals surface area contributed by atoms with Gasteiger partial charge in [-0.2, -0.15) is 0 Å². The largest absolute Gasteiger partial charge is 0.375 e. The molecule has 0 aromatic carbocycles. The third-order valence-corrected chi connectivity index (χ3v) is 7.63. The van der Waals surface area contributed by atoms with Crippen molar-refractivity contribution in [2.75, 3.05) is 19.6 Å². The first kappa shape index (κ1) is 20.0. The molecule has 0 N–H and O–H groups in total. The summed E-state index contributed by atoms with van der Waals surface area (Å²) in [5.41, 5.74) is 5.41. The zero-order chi connectivity index (χ0) is 20.9. The van der Waals surface area contributed by atoms with Crippen LogP contribution in [0.15, 0.2) is 28.8 Å². The zero-order valence-corrected chi connectivity index (χ0v) is 18.6. The number of aromatic nitrogens is 3. The molecule has 0 unspecified atom stereocenters. The molecule has 2 aromatic rings. The summed E-state index contributed by atoms with van der Waals surface area (Å²) in [6, 6.07) is 0.233. The predicted molar refractivity (Wildman–Crippen MR) is 119 cm³/mol. The molecule has 2 aliphatic heterocycles. The Morgan fingerprint density at radius 3 is 2.70 bits per heavy atom. The number of piperidine rings is 1. The monoisotopic (exact) mass is 429 g/mol. The van der Waals surface area contributed by atoms with Gasteiger partial charge in [0, 0.05) is 48.7 Å². The molecule has 2 aromatic heterocycles. The highest BCUT2D eigenvalue weighted by molar-refractivity contribution is 6.34. The lowest BCUT2D eigenvalue weighted by atomic mass is 9.88. The molecule has 0 atom stereocenters. The van der Waals surface area contributed by atoms with Crippen LogP contribution in [0.1, 0.15) is 64.8 Å². The molecule has 1 saturated carbocycles. The fraction of sp³-hybridized carbons (Fsp3) is 0.609. The Kier molecular flexibility index (Phi) is 5.08. The molecule has 0 bridgehead atoms. The van der Waals surface area contributed by atoms with E-state index in [0.717, 1.165) is 51.7 Å². The van der Waals surface area contributed by atoms with Crippen molar-refractivity contribution in [3.05, 3.63) is 34.8 Å². The van der Waals surface area contributed by atoms with Crippen molar-refractivity contribution in [3.8, 4) is 0 Å². The van der Waals surface area contributed by atoms with Crippen LogP contribution in [0.5, 0.6) is 0 Å². The molecule has 7 heteroatoms. The van der Waals surface area contributed by atoms with Gasteiger partial charge in [-0.15, -0.1) is 0 Å². The first-order valence-electron chi connectivity index (χ1n) is 11.2. The molecule has 0 radical (unpaired) electrons. The highest BCUT2D eigenvalue weighted by Crippen LogP contribution is 2.54. The van der Waals surface area contributed by atoms with Gasteiger partial charge >= 0.3 is 0 Å². The van der Waals surface area contributed by atoms with Gasteiger partial charge in [0.15, 0.2) is 5.82 Å². The number of aliphatic imine (C=N–C) groups is 1. The van der Waals surface area contributed by atoms with Crippen molar-refractivity contribution in [1.29, 1.82) is 0 Å². The van der Waals surface area contributed by atoms with Crippen LogP contribution in [0.4, 0.5) is 4.39 Å². The average Bonchev–Trinajstić information content (AvgIpc) is 3.45. The van der Waals surface area contributed by atoms with Crippen LogP contribution in [0.2, 0.25) is 5.15 Å². The Hall–Kier alpha value is -1.95.